The van der Waals surface area contributed by atoms with E-state index in [1.807, 2.05) is 6.07 Å². The number of ether oxygens (including phenoxy) is 1. The lowest BCUT2D eigenvalue weighted by Gasteiger charge is -2.08. The largest absolute Gasteiger partial charge is 0.423 e. The zero-order valence-electron chi connectivity index (χ0n) is 15.2. The number of aliphatic hydroxyl groups is 1. The minimum Gasteiger partial charge on any atom is -0.423 e. The van der Waals surface area contributed by atoms with Crippen LogP contribution < -0.4 is 10.2 Å². The van der Waals surface area contributed by atoms with Crippen molar-refractivity contribution in [1.82, 2.24) is 5.43 Å². The highest BCUT2D eigenvalue weighted by molar-refractivity contribution is 9.10. The molecule has 0 aliphatic heterocycles. The van der Waals surface area contributed by atoms with Crippen LogP contribution in [0.1, 0.15) is 27.6 Å². The molecule has 29 heavy (non-hydrogen) atoms. The van der Waals surface area contributed by atoms with Gasteiger partial charge in [-0.15, -0.1) is 0 Å². The van der Waals surface area contributed by atoms with Crippen molar-refractivity contribution in [3.8, 4) is 5.75 Å². The fourth-order valence-electron chi connectivity index (χ4n) is 2.42. The van der Waals surface area contributed by atoms with Gasteiger partial charge in [-0.2, -0.15) is 5.10 Å². The van der Waals surface area contributed by atoms with Crippen LogP contribution in [-0.4, -0.2) is 23.2 Å². The van der Waals surface area contributed by atoms with Crippen LogP contribution in [0.5, 0.6) is 5.75 Å². The highest BCUT2D eigenvalue weighted by atomic mass is 79.9. The third-order valence-corrected chi connectivity index (χ3v) is 4.40. The lowest BCUT2D eigenvalue weighted by Crippen LogP contribution is -2.25. The van der Waals surface area contributed by atoms with E-state index in [-0.39, 0.29) is 0 Å². The smallest absolute Gasteiger partial charge is 0.343 e. The average Bonchev–Trinajstić information content (AvgIpc) is 2.75. The number of amides is 1. The summed E-state index contributed by atoms with van der Waals surface area (Å²) >= 11 is 3.31. The molecule has 3 aromatic rings. The van der Waals surface area contributed by atoms with Crippen LogP contribution in [0, 0.1) is 0 Å². The van der Waals surface area contributed by atoms with Gasteiger partial charge in [0.15, 0.2) is 6.10 Å². The molecule has 2 N–H and O–H groups in total. The maximum Gasteiger partial charge on any atom is 0.343 e. The molecule has 1 atom stereocenters. The summed E-state index contributed by atoms with van der Waals surface area (Å²) in [6.07, 6.45) is 0.128. The maximum atomic E-state index is 12.1. The van der Waals surface area contributed by atoms with Crippen molar-refractivity contribution in [2.45, 2.75) is 6.10 Å². The van der Waals surface area contributed by atoms with Gasteiger partial charge in [-0.3, -0.25) is 4.79 Å². The summed E-state index contributed by atoms with van der Waals surface area (Å²) in [6, 6.07) is 22.1. The standard InChI is InChI=1S/C22H17BrN2O4/c23-18-8-4-7-17(13-18)22(28)29-19-11-9-15(10-12-19)14-24-25-21(27)20(26)16-5-2-1-3-6-16/h1-14,20,26H,(H,25,27)/b24-14+. The molecule has 0 fully saturated rings. The molecule has 0 radical (unpaired) electrons. The third kappa shape index (κ3) is 5.84. The van der Waals surface area contributed by atoms with Crippen molar-refractivity contribution in [2.24, 2.45) is 5.10 Å². The second-order valence-electron chi connectivity index (χ2n) is 6.02. The molecule has 146 valence electrons. The highest BCUT2D eigenvalue weighted by Gasteiger charge is 2.16. The van der Waals surface area contributed by atoms with Crippen molar-refractivity contribution < 1.29 is 19.4 Å². The van der Waals surface area contributed by atoms with Gasteiger partial charge in [-0.25, -0.2) is 10.2 Å². The van der Waals surface area contributed by atoms with Gasteiger partial charge in [0.1, 0.15) is 5.75 Å². The molecular weight excluding hydrogens is 436 g/mol. The zero-order valence-corrected chi connectivity index (χ0v) is 16.7. The summed E-state index contributed by atoms with van der Waals surface area (Å²) in [5, 5.41) is 13.8. The number of hydrogen-bond donors (Lipinski definition) is 2. The van der Waals surface area contributed by atoms with E-state index in [0.717, 1.165) is 4.47 Å². The SMILES string of the molecule is O=C(Oc1ccc(/C=N/NC(=O)C(O)c2ccccc2)cc1)c1cccc(Br)c1. The third-order valence-electron chi connectivity index (χ3n) is 3.90. The first-order valence-corrected chi connectivity index (χ1v) is 9.46. The minimum atomic E-state index is -1.30. The first kappa shape index (κ1) is 20.4. The van der Waals surface area contributed by atoms with Crippen LogP contribution in [0.25, 0.3) is 0 Å². The molecule has 0 saturated carbocycles. The fourth-order valence-corrected chi connectivity index (χ4v) is 2.82. The van der Waals surface area contributed by atoms with Crippen LogP contribution in [0.3, 0.4) is 0 Å². The number of hydrogen-bond acceptors (Lipinski definition) is 5. The Morgan fingerprint density at radius 1 is 1.00 bits per heavy atom. The second kappa shape index (κ2) is 9.77. The van der Waals surface area contributed by atoms with Crippen molar-refractivity contribution in [3.63, 3.8) is 0 Å². The number of aliphatic hydroxyl groups excluding tert-OH is 1. The Morgan fingerprint density at radius 2 is 1.72 bits per heavy atom. The van der Waals surface area contributed by atoms with Gasteiger partial charge in [0.25, 0.3) is 5.91 Å². The predicted octanol–water partition coefficient (Wildman–Crippen LogP) is 3.85. The Hall–Kier alpha value is -3.29. The Bertz CT molecular complexity index is 1020. The number of rotatable bonds is 6. The van der Waals surface area contributed by atoms with E-state index in [0.29, 0.717) is 22.4 Å². The molecule has 3 rings (SSSR count). The van der Waals surface area contributed by atoms with Crippen molar-refractivity contribution in [2.75, 3.05) is 0 Å². The van der Waals surface area contributed by atoms with E-state index < -0.39 is 18.0 Å². The van der Waals surface area contributed by atoms with Crippen molar-refractivity contribution >= 4 is 34.0 Å². The molecule has 0 saturated heterocycles. The molecule has 0 aliphatic rings. The Kier molecular flexibility index (Phi) is 6.89. The quantitative estimate of drug-likeness (QED) is 0.257. The van der Waals surface area contributed by atoms with Gasteiger partial charge < -0.3 is 9.84 Å². The number of nitrogens with zero attached hydrogens (tertiary/aromatic N) is 1. The van der Waals surface area contributed by atoms with Crippen LogP contribution in [-0.2, 0) is 4.79 Å². The van der Waals surface area contributed by atoms with E-state index in [1.54, 1.807) is 72.8 Å². The topological polar surface area (TPSA) is 88.0 Å². The number of nitrogens with one attached hydrogen (secondary N) is 1. The van der Waals surface area contributed by atoms with E-state index in [9.17, 15) is 14.7 Å². The number of esters is 1. The summed E-state index contributed by atoms with van der Waals surface area (Å²) in [5.74, 6) is -0.711. The van der Waals surface area contributed by atoms with Crippen LogP contribution >= 0.6 is 15.9 Å². The molecule has 1 unspecified atom stereocenters. The summed E-state index contributed by atoms with van der Waals surface area (Å²) in [7, 11) is 0. The maximum absolute atomic E-state index is 12.1. The molecule has 6 nitrogen and oxygen atoms in total. The van der Waals surface area contributed by atoms with Gasteiger partial charge in [-0.05, 0) is 53.6 Å². The van der Waals surface area contributed by atoms with Crippen LogP contribution in [0.4, 0.5) is 0 Å². The van der Waals surface area contributed by atoms with Crippen molar-refractivity contribution in [1.29, 1.82) is 0 Å². The average molecular weight is 453 g/mol. The first-order chi connectivity index (χ1) is 14.0. The monoisotopic (exact) mass is 452 g/mol. The number of hydrazone groups is 1. The normalized spacial score (nSPS) is 11.8. The van der Waals surface area contributed by atoms with Crippen LogP contribution in [0.15, 0.2) is 88.4 Å². The summed E-state index contributed by atoms with van der Waals surface area (Å²) in [6.45, 7) is 0. The Morgan fingerprint density at radius 3 is 2.41 bits per heavy atom. The molecule has 1 amide bonds. The van der Waals surface area contributed by atoms with Gasteiger partial charge in [0, 0.05) is 4.47 Å². The summed E-state index contributed by atoms with van der Waals surface area (Å²) in [5.41, 5.74) is 3.89. The molecule has 3 aromatic carbocycles. The van der Waals surface area contributed by atoms with Gasteiger partial charge in [0.05, 0.1) is 11.8 Å². The molecule has 0 bridgehead atoms. The summed E-state index contributed by atoms with van der Waals surface area (Å²) in [4.78, 5) is 24.1. The molecular formula is C22H17BrN2O4. The second-order valence-corrected chi connectivity index (χ2v) is 6.93. The van der Waals surface area contributed by atoms with Crippen molar-refractivity contribution in [3.05, 3.63) is 100 Å². The molecule has 0 aliphatic carbocycles. The van der Waals surface area contributed by atoms with E-state index in [1.165, 1.54) is 6.21 Å². The Balaban J connectivity index is 1.55. The Labute approximate surface area is 176 Å². The van der Waals surface area contributed by atoms with Gasteiger partial charge >= 0.3 is 5.97 Å². The highest BCUT2D eigenvalue weighted by Crippen LogP contribution is 2.16. The predicted molar refractivity (Wildman–Crippen MR) is 113 cm³/mol. The van der Waals surface area contributed by atoms with Gasteiger partial charge in [0.2, 0.25) is 0 Å². The lowest BCUT2D eigenvalue weighted by molar-refractivity contribution is -0.129. The fraction of sp³-hybridized carbons (Fsp3) is 0.0455. The minimum absolute atomic E-state index is 0.385. The van der Waals surface area contributed by atoms with E-state index >= 15 is 0 Å². The number of halogens is 1. The molecule has 7 heteroatoms. The van der Waals surface area contributed by atoms with Gasteiger partial charge in [-0.1, -0.05) is 52.3 Å². The van der Waals surface area contributed by atoms with Crippen LogP contribution in [0.2, 0.25) is 0 Å². The number of benzene rings is 3. The van der Waals surface area contributed by atoms with E-state index in [4.69, 9.17) is 4.74 Å². The van der Waals surface area contributed by atoms with E-state index in [2.05, 4.69) is 26.5 Å². The molecule has 0 spiro atoms. The lowest BCUT2D eigenvalue weighted by atomic mass is 10.1. The molecule has 0 aromatic heterocycles. The first-order valence-electron chi connectivity index (χ1n) is 8.66. The zero-order chi connectivity index (χ0) is 20.6. The summed E-state index contributed by atoms with van der Waals surface area (Å²) < 4.78 is 6.12. The number of carbonyl (C=O) groups is 2. The number of carbonyl (C=O) groups excluding carboxylic acids is 2. The molecule has 0 heterocycles.